The molecule has 0 radical (unpaired) electrons. The molecule has 1 rings (SSSR count). The number of benzene rings is 1. The Labute approximate surface area is 113 Å². The summed E-state index contributed by atoms with van der Waals surface area (Å²) in [4.78, 5) is 21.6. The van der Waals surface area contributed by atoms with Crippen molar-refractivity contribution in [1.82, 2.24) is 5.32 Å². The normalized spacial score (nSPS) is 11.7. The number of imide groups is 1. The molecule has 3 amide bonds. The lowest BCUT2D eigenvalue weighted by Crippen LogP contribution is -2.38. The van der Waals surface area contributed by atoms with E-state index >= 15 is 0 Å². The van der Waals surface area contributed by atoms with E-state index in [0.717, 1.165) is 10.0 Å². The summed E-state index contributed by atoms with van der Waals surface area (Å²) >= 11 is 3.33. The maximum atomic E-state index is 11.2. The fourth-order valence-corrected chi connectivity index (χ4v) is 1.70. The molecule has 1 aromatic rings. The third-order valence-corrected chi connectivity index (χ3v) is 2.58. The molecule has 0 saturated heterocycles. The van der Waals surface area contributed by atoms with Crippen LogP contribution in [0.25, 0.3) is 0 Å². The summed E-state index contributed by atoms with van der Waals surface area (Å²) in [6.45, 7) is 1.50. The number of primary amides is 1. The molecule has 7 heteroatoms. The Bertz CT molecular complexity index is 463. The summed E-state index contributed by atoms with van der Waals surface area (Å²) in [5.41, 5.74) is 11.4. The van der Waals surface area contributed by atoms with Gasteiger partial charge < -0.3 is 16.2 Å². The first-order valence-electron chi connectivity index (χ1n) is 5.17. The molecular weight excluding hydrogens is 302 g/mol. The highest BCUT2D eigenvalue weighted by Gasteiger charge is 2.11. The number of hydrogen-bond donors (Lipinski definition) is 3. The first kappa shape index (κ1) is 14.5. The second-order valence-corrected chi connectivity index (χ2v) is 4.59. The highest BCUT2D eigenvalue weighted by Crippen LogP contribution is 2.27. The number of amides is 3. The Morgan fingerprint density at radius 3 is 2.72 bits per heavy atom. The Kier molecular flexibility index (Phi) is 5.11. The van der Waals surface area contributed by atoms with Gasteiger partial charge in [-0.25, -0.2) is 4.79 Å². The first-order chi connectivity index (χ1) is 8.40. The maximum Gasteiger partial charge on any atom is 0.318 e. The molecule has 0 aliphatic heterocycles. The smallest absolute Gasteiger partial charge is 0.318 e. The monoisotopic (exact) mass is 315 g/mol. The third kappa shape index (κ3) is 4.34. The molecule has 0 heterocycles. The van der Waals surface area contributed by atoms with E-state index in [1.165, 1.54) is 0 Å². The van der Waals surface area contributed by atoms with Crippen LogP contribution < -0.4 is 21.5 Å². The van der Waals surface area contributed by atoms with Gasteiger partial charge in [0.15, 0.2) is 6.61 Å². The minimum absolute atomic E-state index is 0.239. The molecule has 6 nitrogen and oxygen atoms in total. The van der Waals surface area contributed by atoms with Crippen LogP contribution in [0, 0.1) is 0 Å². The second kappa shape index (κ2) is 6.36. The fraction of sp³-hybridized carbons (Fsp3) is 0.273. The zero-order valence-electron chi connectivity index (χ0n) is 9.77. The van der Waals surface area contributed by atoms with Crippen molar-refractivity contribution in [2.45, 2.75) is 13.0 Å². The van der Waals surface area contributed by atoms with E-state index in [1.54, 1.807) is 19.1 Å². The number of rotatable bonds is 4. The first-order valence-corrected chi connectivity index (χ1v) is 5.96. The molecule has 0 aromatic heterocycles. The Balaban J connectivity index is 2.72. The highest BCUT2D eigenvalue weighted by molar-refractivity contribution is 9.10. The van der Waals surface area contributed by atoms with Crippen molar-refractivity contribution in [2.75, 3.05) is 6.61 Å². The quantitative estimate of drug-likeness (QED) is 0.771. The van der Waals surface area contributed by atoms with Gasteiger partial charge in [0.1, 0.15) is 5.75 Å². The van der Waals surface area contributed by atoms with E-state index < -0.39 is 11.9 Å². The SMILES string of the molecule is CC(N)c1cc(Br)ccc1OCC(=O)NC(N)=O. The van der Waals surface area contributed by atoms with Gasteiger partial charge in [-0.1, -0.05) is 15.9 Å². The van der Waals surface area contributed by atoms with Crippen molar-refractivity contribution in [2.24, 2.45) is 11.5 Å². The lowest BCUT2D eigenvalue weighted by Gasteiger charge is -2.14. The molecule has 0 fully saturated rings. The van der Waals surface area contributed by atoms with E-state index in [-0.39, 0.29) is 12.6 Å². The minimum Gasteiger partial charge on any atom is -0.483 e. The molecule has 0 aliphatic rings. The average molecular weight is 316 g/mol. The number of halogens is 1. The molecule has 18 heavy (non-hydrogen) atoms. The number of ether oxygens (including phenoxy) is 1. The van der Waals surface area contributed by atoms with Gasteiger partial charge in [0.25, 0.3) is 5.91 Å². The van der Waals surface area contributed by atoms with Crippen molar-refractivity contribution in [3.05, 3.63) is 28.2 Å². The molecule has 0 bridgehead atoms. The van der Waals surface area contributed by atoms with E-state index in [0.29, 0.717) is 5.75 Å². The summed E-state index contributed by atoms with van der Waals surface area (Å²) in [5.74, 6) is -0.117. The van der Waals surface area contributed by atoms with Gasteiger partial charge in [0, 0.05) is 16.1 Å². The van der Waals surface area contributed by atoms with Crippen LogP contribution in [-0.4, -0.2) is 18.5 Å². The molecule has 1 unspecified atom stereocenters. The maximum absolute atomic E-state index is 11.2. The lowest BCUT2D eigenvalue weighted by atomic mass is 10.1. The predicted molar refractivity (Wildman–Crippen MR) is 70.0 cm³/mol. The summed E-state index contributed by atoms with van der Waals surface area (Å²) < 4.78 is 6.16. The van der Waals surface area contributed by atoms with Gasteiger partial charge in [-0.2, -0.15) is 0 Å². The van der Waals surface area contributed by atoms with Gasteiger partial charge >= 0.3 is 6.03 Å². The Morgan fingerprint density at radius 1 is 1.50 bits per heavy atom. The van der Waals surface area contributed by atoms with Gasteiger partial charge in [-0.15, -0.1) is 0 Å². The predicted octanol–water partition coefficient (Wildman–Crippen LogP) is 1.04. The summed E-state index contributed by atoms with van der Waals surface area (Å²) in [7, 11) is 0. The molecule has 1 aromatic carbocycles. The molecule has 1 atom stereocenters. The van der Waals surface area contributed by atoms with Crippen LogP contribution in [-0.2, 0) is 4.79 Å². The van der Waals surface area contributed by atoms with Crippen molar-refractivity contribution < 1.29 is 14.3 Å². The molecular formula is C11H14BrN3O3. The average Bonchev–Trinajstić information content (AvgIpc) is 2.26. The van der Waals surface area contributed by atoms with Crippen LogP contribution in [0.2, 0.25) is 0 Å². The van der Waals surface area contributed by atoms with Crippen molar-refractivity contribution in [1.29, 1.82) is 0 Å². The van der Waals surface area contributed by atoms with E-state index in [9.17, 15) is 9.59 Å². The topological polar surface area (TPSA) is 107 Å². The minimum atomic E-state index is -0.910. The largest absolute Gasteiger partial charge is 0.483 e. The van der Waals surface area contributed by atoms with Crippen LogP contribution >= 0.6 is 15.9 Å². The van der Waals surface area contributed by atoms with Gasteiger partial charge in [0.2, 0.25) is 0 Å². The lowest BCUT2D eigenvalue weighted by molar-refractivity contribution is -0.121. The molecule has 0 spiro atoms. The number of carbonyl (C=O) groups is 2. The molecule has 0 saturated carbocycles. The Hall–Kier alpha value is -1.60. The number of nitrogens with two attached hydrogens (primary N) is 2. The van der Waals surface area contributed by atoms with Crippen molar-refractivity contribution in [3.63, 3.8) is 0 Å². The van der Waals surface area contributed by atoms with Crippen molar-refractivity contribution in [3.8, 4) is 5.75 Å². The molecule has 5 N–H and O–H groups in total. The van der Waals surface area contributed by atoms with E-state index in [2.05, 4.69) is 15.9 Å². The van der Waals surface area contributed by atoms with Crippen LogP contribution in [0.15, 0.2) is 22.7 Å². The Morgan fingerprint density at radius 2 is 2.17 bits per heavy atom. The third-order valence-electron chi connectivity index (χ3n) is 2.08. The van der Waals surface area contributed by atoms with Crippen LogP contribution in [0.5, 0.6) is 5.75 Å². The van der Waals surface area contributed by atoms with Gasteiger partial charge in [-0.05, 0) is 25.1 Å². The molecule has 0 aliphatic carbocycles. The summed E-state index contributed by atoms with van der Waals surface area (Å²) in [5, 5.41) is 1.91. The van der Waals surface area contributed by atoms with Crippen molar-refractivity contribution >= 4 is 27.9 Å². The highest BCUT2D eigenvalue weighted by atomic mass is 79.9. The molecule has 98 valence electrons. The van der Waals surface area contributed by atoms with E-state index in [4.69, 9.17) is 16.2 Å². The zero-order valence-corrected chi connectivity index (χ0v) is 11.4. The van der Waals surface area contributed by atoms with Gasteiger partial charge in [-0.3, -0.25) is 10.1 Å². The summed E-state index contributed by atoms with van der Waals surface area (Å²) in [6.07, 6.45) is 0. The number of nitrogens with one attached hydrogen (secondary N) is 1. The van der Waals surface area contributed by atoms with Crippen LogP contribution in [0.1, 0.15) is 18.5 Å². The number of hydrogen-bond acceptors (Lipinski definition) is 4. The summed E-state index contributed by atoms with van der Waals surface area (Å²) in [6, 6.07) is 4.13. The second-order valence-electron chi connectivity index (χ2n) is 3.67. The zero-order chi connectivity index (χ0) is 13.7. The fourth-order valence-electron chi connectivity index (χ4n) is 1.32. The van der Waals surface area contributed by atoms with Crippen LogP contribution in [0.3, 0.4) is 0 Å². The van der Waals surface area contributed by atoms with Crippen LogP contribution in [0.4, 0.5) is 4.79 Å². The number of carbonyl (C=O) groups excluding carboxylic acids is 2. The number of urea groups is 1. The standard InChI is InChI=1S/C11H14BrN3O3/c1-6(13)8-4-7(12)2-3-9(8)18-5-10(16)15-11(14)17/h2-4,6H,5,13H2,1H3,(H3,14,15,16,17). The van der Waals surface area contributed by atoms with Gasteiger partial charge in [0.05, 0.1) is 0 Å². The van der Waals surface area contributed by atoms with E-state index in [1.807, 2.05) is 11.4 Å².